The van der Waals surface area contributed by atoms with Crippen LogP contribution in [0, 0.1) is 0 Å². The van der Waals surface area contributed by atoms with Crippen molar-refractivity contribution in [1.82, 2.24) is 9.97 Å². The molecule has 4 heterocycles. The van der Waals surface area contributed by atoms with Crippen molar-refractivity contribution < 1.29 is 14.4 Å². The van der Waals surface area contributed by atoms with Crippen molar-refractivity contribution >= 4 is 41.2 Å². The maximum absolute atomic E-state index is 13.6. The summed E-state index contributed by atoms with van der Waals surface area (Å²) in [5.74, 6) is -0.594. The number of nitrogens with one attached hydrogen (secondary N) is 2. The first kappa shape index (κ1) is 31.1. The number of hydrogen-bond donors (Lipinski definition) is 2. The largest absolute Gasteiger partial charge is 0.355 e. The van der Waals surface area contributed by atoms with Crippen molar-refractivity contribution in [2.24, 2.45) is 9.98 Å². The van der Waals surface area contributed by atoms with Gasteiger partial charge in [-0.2, -0.15) is 0 Å². The minimum atomic E-state index is -0.311. The maximum Gasteiger partial charge on any atom is 0.274 e. The van der Waals surface area contributed by atoms with E-state index < -0.39 is 0 Å². The minimum absolute atomic E-state index is 0.128. The van der Waals surface area contributed by atoms with Crippen LogP contribution >= 0.6 is 0 Å². The predicted molar refractivity (Wildman–Crippen MR) is 171 cm³/mol. The molecule has 0 unspecified atom stereocenters. The van der Waals surface area contributed by atoms with Crippen LogP contribution in [0.3, 0.4) is 0 Å². The second-order valence-electron chi connectivity index (χ2n) is 10.7. The molecule has 7 heteroatoms. The molecule has 0 atom stereocenters. The number of dihydropyridines is 1. The first-order valence-corrected chi connectivity index (χ1v) is 15.6. The number of H-pyrrole nitrogens is 2. The molecule has 2 aromatic rings. The zero-order chi connectivity index (χ0) is 30.7. The number of carbonyl (C=O) groups excluding carboxylic acids is 3. The van der Waals surface area contributed by atoms with Crippen LogP contribution in [0.15, 0.2) is 32.3 Å². The SMILES string of the molecule is CCC1=C(CC)C(=O)C(c2[nH]c(/C=c3\[nH]c(=CC4=NC(=O)C(CC)=C4CC)c(CC)c3CC)c(CC)c2CC)=NC1=O. The molecule has 2 aromatic heterocycles. The third-order valence-corrected chi connectivity index (χ3v) is 8.65. The molecule has 4 rings (SSSR count). The van der Waals surface area contributed by atoms with Gasteiger partial charge in [0.25, 0.3) is 11.8 Å². The van der Waals surface area contributed by atoms with Crippen molar-refractivity contribution in [3.8, 4) is 0 Å². The van der Waals surface area contributed by atoms with Crippen molar-refractivity contribution in [3.63, 3.8) is 0 Å². The van der Waals surface area contributed by atoms with Crippen LogP contribution in [0.1, 0.15) is 115 Å². The number of aromatic nitrogens is 2. The number of carbonyl (C=O) groups is 3. The third kappa shape index (κ3) is 5.25. The number of allylic oxidation sites excluding steroid dienone is 2. The van der Waals surface area contributed by atoms with Crippen LogP contribution in [0.2, 0.25) is 0 Å². The van der Waals surface area contributed by atoms with Gasteiger partial charge in [-0.1, -0.05) is 55.4 Å². The Balaban J connectivity index is 1.92. The molecule has 42 heavy (non-hydrogen) atoms. The number of aromatic amines is 2. The second kappa shape index (κ2) is 13.0. The van der Waals surface area contributed by atoms with Gasteiger partial charge in [0.1, 0.15) is 5.71 Å². The number of nitrogens with zero attached hydrogens (tertiary/aromatic N) is 2. The standard InChI is InChI=1S/C35H44N4O3/c1-9-19-20(10-2)28(18-30-22(12-4)25(15-7)34(41)38-30)36-27(19)17-29-21(11-3)23(13-5)31(37-29)32-33(40)24(14-6)26(16-8)35(42)39-32/h17-18,36-37H,9-16H2,1-8H3/b27-17-,28-18?. The van der Waals surface area contributed by atoms with Gasteiger partial charge in [0.05, 0.1) is 11.4 Å². The average molecular weight is 569 g/mol. The fraction of sp³-hybridized carbons (Fsp3) is 0.457. The molecule has 0 aliphatic carbocycles. The summed E-state index contributed by atoms with van der Waals surface area (Å²) in [6.07, 6.45) is 9.73. The molecule has 0 bridgehead atoms. The molecule has 0 aromatic carbocycles. The van der Waals surface area contributed by atoms with E-state index in [2.05, 4.69) is 60.6 Å². The summed E-state index contributed by atoms with van der Waals surface area (Å²) in [6.45, 7) is 16.3. The Morgan fingerprint density at radius 3 is 1.55 bits per heavy atom. The molecule has 2 N–H and O–H groups in total. The number of aliphatic imine (C=N–C) groups is 2. The molecule has 0 radical (unpaired) electrons. The molecule has 0 saturated heterocycles. The summed E-state index contributed by atoms with van der Waals surface area (Å²) in [5, 5.41) is 1.96. The lowest BCUT2D eigenvalue weighted by Gasteiger charge is -2.16. The smallest absolute Gasteiger partial charge is 0.274 e. The third-order valence-electron chi connectivity index (χ3n) is 8.65. The monoisotopic (exact) mass is 568 g/mol. The predicted octanol–water partition coefficient (Wildman–Crippen LogP) is 5.31. The molecule has 2 amide bonds. The van der Waals surface area contributed by atoms with E-state index in [4.69, 9.17) is 0 Å². The van der Waals surface area contributed by atoms with Gasteiger partial charge in [-0.25, -0.2) is 9.98 Å². The van der Waals surface area contributed by atoms with E-state index in [1.54, 1.807) is 0 Å². The van der Waals surface area contributed by atoms with Crippen molar-refractivity contribution in [2.75, 3.05) is 0 Å². The number of Topliss-reactive ketones (excluding diaryl/α,β-unsaturated/α-hetero) is 1. The van der Waals surface area contributed by atoms with Crippen LogP contribution in [-0.2, 0) is 40.1 Å². The average Bonchev–Trinajstić information content (AvgIpc) is 3.62. The van der Waals surface area contributed by atoms with E-state index in [1.807, 2.05) is 26.8 Å². The van der Waals surface area contributed by atoms with E-state index in [-0.39, 0.29) is 23.3 Å². The lowest BCUT2D eigenvalue weighted by molar-refractivity contribution is -0.116. The summed E-state index contributed by atoms with van der Waals surface area (Å²) in [6, 6.07) is 0. The van der Waals surface area contributed by atoms with Crippen molar-refractivity contribution in [1.29, 1.82) is 0 Å². The number of rotatable bonds is 11. The van der Waals surface area contributed by atoms with E-state index in [0.29, 0.717) is 42.5 Å². The van der Waals surface area contributed by atoms with E-state index >= 15 is 0 Å². The number of hydrogen-bond acceptors (Lipinski definition) is 3. The molecule has 0 fully saturated rings. The summed E-state index contributed by atoms with van der Waals surface area (Å²) in [4.78, 5) is 54.9. The van der Waals surface area contributed by atoms with E-state index in [1.165, 1.54) is 11.1 Å². The molecule has 0 saturated carbocycles. The Morgan fingerprint density at radius 2 is 1.02 bits per heavy atom. The fourth-order valence-corrected chi connectivity index (χ4v) is 6.62. The van der Waals surface area contributed by atoms with E-state index in [0.717, 1.165) is 70.1 Å². The highest BCUT2D eigenvalue weighted by Gasteiger charge is 2.32. The van der Waals surface area contributed by atoms with Crippen LogP contribution < -0.4 is 10.7 Å². The van der Waals surface area contributed by atoms with E-state index in [9.17, 15) is 14.4 Å². The van der Waals surface area contributed by atoms with Gasteiger partial charge in [-0.3, -0.25) is 14.4 Å². The molecular weight excluding hydrogens is 524 g/mol. The molecule has 0 spiro atoms. The van der Waals surface area contributed by atoms with Gasteiger partial charge in [0.15, 0.2) is 0 Å². The van der Waals surface area contributed by atoms with Gasteiger partial charge < -0.3 is 9.97 Å². The maximum atomic E-state index is 13.6. The van der Waals surface area contributed by atoms with Gasteiger partial charge in [0.2, 0.25) is 5.78 Å². The Bertz CT molecular complexity index is 1700. The topological polar surface area (TPSA) is 108 Å². The van der Waals surface area contributed by atoms with Crippen LogP contribution in [0.4, 0.5) is 0 Å². The molecular formula is C35H44N4O3. The molecule has 222 valence electrons. The Hall–Kier alpha value is -3.87. The number of ketones is 1. The highest BCUT2D eigenvalue weighted by Crippen LogP contribution is 2.28. The first-order valence-electron chi connectivity index (χ1n) is 15.6. The second-order valence-corrected chi connectivity index (χ2v) is 10.7. The summed E-state index contributed by atoms with van der Waals surface area (Å²) < 4.78 is 0. The lowest BCUT2D eigenvalue weighted by Crippen LogP contribution is -2.27. The highest BCUT2D eigenvalue weighted by molar-refractivity contribution is 6.54. The molecule has 7 nitrogen and oxygen atoms in total. The Kier molecular flexibility index (Phi) is 9.60. The number of amides is 2. The van der Waals surface area contributed by atoms with Gasteiger partial charge >= 0.3 is 0 Å². The zero-order valence-electron chi connectivity index (χ0n) is 26.4. The van der Waals surface area contributed by atoms with Crippen LogP contribution in [0.25, 0.3) is 12.2 Å². The van der Waals surface area contributed by atoms with Crippen LogP contribution in [-0.4, -0.2) is 39.0 Å². The molecule has 2 aliphatic rings. The van der Waals surface area contributed by atoms with Gasteiger partial charge in [0, 0.05) is 33.1 Å². The summed E-state index contributed by atoms with van der Waals surface area (Å²) >= 11 is 0. The van der Waals surface area contributed by atoms with Gasteiger partial charge in [-0.05, 0) is 91.3 Å². The Labute approximate surface area is 248 Å². The highest BCUT2D eigenvalue weighted by atomic mass is 16.2. The van der Waals surface area contributed by atoms with Crippen molar-refractivity contribution in [3.05, 3.63) is 66.6 Å². The normalized spacial score (nSPS) is 16.9. The van der Waals surface area contributed by atoms with Crippen LogP contribution in [0.5, 0.6) is 0 Å². The summed E-state index contributed by atoms with van der Waals surface area (Å²) in [5.41, 5.74) is 10.0. The minimum Gasteiger partial charge on any atom is -0.355 e. The first-order chi connectivity index (χ1) is 20.2. The molecule has 2 aliphatic heterocycles. The fourth-order valence-electron chi connectivity index (χ4n) is 6.62. The zero-order valence-corrected chi connectivity index (χ0v) is 26.4. The lowest BCUT2D eigenvalue weighted by atomic mass is 9.90. The van der Waals surface area contributed by atoms with Crippen molar-refractivity contribution in [2.45, 2.75) is 107 Å². The Morgan fingerprint density at radius 1 is 0.524 bits per heavy atom. The van der Waals surface area contributed by atoms with Gasteiger partial charge in [-0.15, -0.1) is 0 Å². The summed E-state index contributed by atoms with van der Waals surface area (Å²) in [7, 11) is 0. The quantitative estimate of drug-likeness (QED) is 0.383.